The normalized spacial score (nSPS) is 15.3. The van der Waals surface area contributed by atoms with E-state index in [4.69, 9.17) is 9.47 Å². The standard InChI is InChI=1S/C55H74N10O17S3/c1-8-40(54(73)58-18-10-16-56-52(71)34(3)4)60-46(67)30-81-32-48(69)62-20-24-64(25-21-62)84(77,78)44-29-45(39-15-14-37-43(83(7,75)76)28-42(66)36-12-13-38(44)51(39)50(36)37)85(79,80)65-26-22-63(23-27-65)49(70)33-82-31-47(68)61-41(9-2)55(74)59-19-11-17-57-53(72)35(5)6/h12-15,28-29,40-41,66H,3,5,8-11,16-27,30-33H2,1-2,4,6-7H3,(H,56,71)(H,57,72)(H,58,73)(H,59,74)(H,60,67)(H,61,68). The first-order valence-electron chi connectivity index (χ1n) is 27.5. The van der Waals surface area contributed by atoms with E-state index in [-0.39, 0.29) is 127 Å². The van der Waals surface area contributed by atoms with E-state index in [9.17, 15) is 68.7 Å². The van der Waals surface area contributed by atoms with Crippen molar-refractivity contribution in [3.05, 3.63) is 60.7 Å². The molecular weight excluding hydrogens is 1170 g/mol. The molecule has 2 heterocycles. The fourth-order valence-corrected chi connectivity index (χ4v) is 13.9. The van der Waals surface area contributed by atoms with E-state index in [1.807, 2.05) is 0 Å². The first-order chi connectivity index (χ1) is 40.1. The second kappa shape index (κ2) is 29.2. The molecule has 30 heteroatoms. The van der Waals surface area contributed by atoms with Crippen LogP contribution in [0.3, 0.4) is 0 Å². The van der Waals surface area contributed by atoms with Gasteiger partial charge in [-0.05, 0) is 57.7 Å². The molecule has 0 aliphatic carbocycles. The van der Waals surface area contributed by atoms with E-state index < -0.39 is 119 Å². The summed E-state index contributed by atoms with van der Waals surface area (Å²) in [6, 6.07) is 5.90. The van der Waals surface area contributed by atoms with Gasteiger partial charge in [-0.3, -0.25) is 38.4 Å². The van der Waals surface area contributed by atoms with Crippen molar-refractivity contribution >= 4 is 109 Å². The topological polar surface area (TPSA) is 363 Å². The molecule has 4 aromatic rings. The predicted octanol–water partition coefficient (Wildman–Crippen LogP) is -0.421. The van der Waals surface area contributed by atoms with Crippen LogP contribution in [0.1, 0.15) is 53.4 Å². The number of piperazine rings is 2. The lowest BCUT2D eigenvalue weighted by Crippen LogP contribution is -2.52. The number of carbonyl (C=O) groups excluding carboxylic acids is 8. The Kier molecular flexibility index (Phi) is 22.9. The Morgan fingerprint density at radius 3 is 1.25 bits per heavy atom. The molecule has 464 valence electrons. The Hall–Kier alpha value is -7.35. The molecule has 0 aromatic heterocycles. The van der Waals surface area contributed by atoms with Crippen LogP contribution in [0, 0.1) is 0 Å². The first kappa shape index (κ1) is 66.8. The summed E-state index contributed by atoms with van der Waals surface area (Å²) >= 11 is 0. The summed E-state index contributed by atoms with van der Waals surface area (Å²) in [5.41, 5.74) is 0.700. The van der Waals surface area contributed by atoms with Crippen molar-refractivity contribution < 1.29 is 78.2 Å². The van der Waals surface area contributed by atoms with Gasteiger partial charge in [0, 0.05) is 128 Å². The monoisotopic (exact) mass is 1240 g/mol. The smallest absolute Gasteiger partial charge is 0.248 e. The Morgan fingerprint density at radius 1 is 0.529 bits per heavy atom. The molecule has 2 fully saturated rings. The van der Waals surface area contributed by atoms with Crippen molar-refractivity contribution in [1.82, 2.24) is 50.3 Å². The number of sulfonamides is 2. The molecule has 6 rings (SSSR count). The predicted molar refractivity (Wildman–Crippen MR) is 313 cm³/mol. The van der Waals surface area contributed by atoms with Gasteiger partial charge in [0.2, 0.25) is 67.3 Å². The zero-order valence-electron chi connectivity index (χ0n) is 48.2. The molecule has 0 radical (unpaired) electrons. The van der Waals surface area contributed by atoms with Gasteiger partial charge in [-0.25, -0.2) is 25.3 Å². The maximum absolute atomic E-state index is 15.0. The van der Waals surface area contributed by atoms with Gasteiger partial charge < -0.3 is 56.3 Å². The van der Waals surface area contributed by atoms with Crippen LogP contribution in [0.4, 0.5) is 0 Å². The number of phenolic OH excluding ortho intramolecular Hbond substituents is 1. The maximum atomic E-state index is 15.0. The number of sulfone groups is 1. The molecule has 0 spiro atoms. The van der Waals surface area contributed by atoms with Gasteiger partial charge in [0.15, 0.2) is 9.84 Å². The van der Waals surface area contributed by atoms with Crippen molar-refractivity contribution in [3.63, 3.8) is 0 Å². The zero-order chi connectivity index (χ0) is 62.6. The lowest BCUT2D eigenvalue weighted by atomic mass is 9.94. The van der Waals surface area contributed by atoms with Crippen LogP contribution in [0.15, 0.2) is 75.4 Å². The van der Waals surface area contributed by atoms with Crippen LogP contribution in [-0.4, -0.2) is 219 Å². The second-order valence-electron chi connectivity index (χ2n) is 20.6. The number of aromatic hydroxyl groups is 1. The molecule has 0 bridgehead atoms. The number of phenols is 1. The molecule has 4 aromatic carbocycles. The Bertz CT molecular complexity index is 3420. The maximum Gasteiger partial charge on any atom is 0.248 e. The number of benzene rings is 4. The van der Waals surface area contributed by atoms with Gasteiger partial charge in [-0.2, -0.15) is 8.61 Å². The zero-order valence-corrected chi connectivity index (χ0v) is 50.6. The lowest BCUT2D eigenvalue weighted by molar-refractivity contribution is -0.141. The van der Waals surface area contributed by atoms with Crippen LogP contribution in [-0.2, 0) is 77.7 Å². The second-order valence-corrected chi connectivity index (χ2v) is 26.4. The fourth-order valence-electron chi connectivity index (χ4n) is 9.62. The van der Waals surface area contributed by atoms with E-state index >= 15 is 0 Å². The molecule has 2 aliphatic heterocycles. The third-order valence-corrected chi connectivity index (χ3v) is 19.3. The quantitative estimate of drug-likeness (QED) is 0.0206. The molecule has 7 N–H and O–H groups in total. The summed E-state index contributed by atoms with van der Waals surface area (Å²) < 4.78 is 99.1. The molecule has 0 saturated carbocycles. The number of nitrogens with one attached hydrogen (secondary N) is 6. The number of ether oxygens (including phenoxy) is 2. The van der Waals surface area contributed by atoms with Gasteiger partial charge in [-0.15, -0.1) is 0 Å². The summed E-state index contributed by atoms with van der Waals surface area (Å²) in [6.07, 6.45) is 2.29. The highest BCUT2D eigenvalue weighted by Gasteiger charge is 2.38. The number of hydrogen-bond donors (Lipinski definition) is 7. The van der Waals surface area contributed by atoms with Crippen molar-refractivity contribution in [2.75, 3.05) is 111 Å². The third kappa shape index (κ3) is 16.6. The molecule has 2 unspecified atom stereocenters. The highest BCUT2D eigenvalue weighted by molar-refractivity contribution is 7.91. The number of rotatable bonds is 29. The minimum Gasteiger partial charge on any atom is -0.507 e. The summed E-state index contributed by atoms with van der Waals surface area (Å²) in [5.74, 6) is -4.43. The highest BCUT2D eigenvalue weighted by atomic mass is 32.2. The van der Waals surface area contributed by atoms with Crippen LogP contribution in [0.25, 0.3) is 32.3 Å². The molecule has 85 heavy (non-hydrogen) atoms. The average Bonchev–Trinajstić information content (AvgIpc) is 1.40. The van der Waals surface area contributed by atoms with Gasteiger partial charge in [0.1, 0.15) is 44.3 Å². The van der Waals surface area contributed by atoms with Crippen LogP contribution in [0.5, 0.6) is 5.75 Å². The van der Waals surface area contributed by atoms with Gasteiger partial charge in [0.05, 0.1) is 14.7 Å². The SMILES string of the molecule is C=C(C)C(=O)NCCCNC(=O)C(CC)NC(=O)COCC(=O)N1CCN(S(=O)(=O)c2cc(S(=O)(=O)N3CCN(C(=O)COCC(=O)NC(CC)C(=O)NCCCNC(=O)C(=C)C)CC3)c3ccc4c(S(C)(=O)=O)cc(O)c5ccc2c3c54)CC1. The minimum absolute atomic E-state index is 0.0185. The van der Waals surface area contributed by atoms with Crippen LogP contribution >= 0.6 is 0 Å². The number of carbonyl (C=O) groups is 8. The van der Waals surface area contributed by atoms with Crippen molar-refractivity contribution in [1.29, 1.82) is 0 Å². The molecule has 27 nitrogen and oxygen atoms in total. The molecule has 2 atom stereocenters. The Morgan fingerprint density at radius 2 is 0.882 bits per heavy atom. The number of amides is 8. The highest BCUT2D eigenvalue weighted by Crippen LogP contribution is 2.46. The van der Waals surface area contributed by atoms with Gasteiger partial charge >= 0.3 is 0 Å². The van der Waals surface area contributed by atoms with E-state index in [2.05, 4.69) is 45.1 Å². The summed E-state index contributed by atoms with van der Waals surface area (Å²) in [5, 5.41) is 27.4. The molecule has 8 amide bonds. The largest absolute Gasteiger partial charge is 0.507 e. The lowest BCUT2D eigenvalue weighted by Gasteiger charge is -2.35. The van der Waals surface area contributed by atoms with E-state index in [0.29, 0.717) is 37.1 Å². The molecule has 2 aliphatic rings. The van der Waals surface area contributed by atoms with E-state index in [1.165, 1.54) is 34.1 Å². The average molecular weight is 1240 g/mol. The first-order valence-corrected chi connectivity index (χ1v) is 32.3. The van der Waals surface area contributed by atoms with E-state index in [1.54, 1.807) is 27.7 Å². The summed E-state index contributed by atoms with van der Waals surface area (Å²) in [7, 11) is -13.3. The van der Waals surface area contributed by atoms with E-state index in [0.717, 1.165) is 27.0 Å². The molecular formula is C55H74N10O17S3. The van der Waals surface area contributed by atoms with Crippen molar-refractivity contribution in [3.8, 4) is 5.75 Å². The number of nitrogens with zero attached hydrogens (tertiary/aromatic N) is 4. The van der Waals surface area contributed by atoms with Crippen LogP contribution < -0.4 is 31.9 Å². The Balaban J connectivity index is 1.11. The summed E-state index contributed by atoms with van der Waals surface area (Å²) in [4.78, 5) is 102. The van der Waals surface area contributed by atoms with Gasteiger partial charge in [0.25, 0.3) is 0 Å². The van der Waals surface area contributed by atoms with Crippen molar-refractivity contribution in [2.24, 2.45) is 0 Å². The van der Waals surface area contributed by atoms with Crippen molar-refractivity contribution in [2.45, 2.75) is 80.1 Å². The number of hydrogen-bond acceptors (Lipinski definition) is 17. The Labute approximate surface area is 493 Å². The summed E-state index contributed by atoms with van der Waals surface area (Å²) in [6.45, 7) is 10.9. The van der Waals surface area contributed by atoms with Gasteiger partial charge in [-0.1, -0.05) is 45.2 Å². The van der Waals surface area contributed by atoms with Crippen LogP contribution in [0.2, 0.25) is 0 Å². The minimum atomic E-state index is -4.66. The third-order valence-electron chi connectivity index (χ3n) is 14.3. The molecule has 2 saturated heterocycles. The fraction of sp³-hybridized carbons (Fsp3) is 0.491.